The Morgan fingerprint density at radius 2 is 1.86 bits per heavy atom. The number of hydrogen-bond donors (Lipinski definition) is 0. The highest BCUT2D eigenvalue weighted by atomic mass is 32.1. The summed E-state index contributed by atoms with van der Waals surface area (Å²) in [6.07, 6.45) is 0. The van der Waals surface area contributed by atoms with Crippen LogP contribution >= 0.6 is 11.3 Å². The molecule has 0 aliphatic rings. The molecule has 1 aromatic heterocycles. The van der Waals surface area contributed by atoms with Crippen molar-refractivity contribution in [2.24, 2.45) is 0 Å². The van der Waals surface area contributed by atoms with Crippen molar-refractivity contribution in [1.82, 2.24) is 4.98 Å². The Kier molecular flexibility index (Phi) is 4.46. The van der Waals surface area contributed by atoms with Gasteiger partial charge >= 0.3 is 5.97 Å². The van der Waals surface area contributed by atoms with Gasteiger partial charge in [-0.1, -0.05) is 24.3 Å². The molecule has 0 radical (unpaired) electrons. The van der Waals surface area contributed by atoms with Crippen LogP contribution in [-0.2, 0) is 22.7 Å². The first kappa shape index (κ1) is 14.7. The highest BCUT2D eigenvalue weighted by molar-refractivity contribution is 7.18. The number of thiazole rings is 1. The number of nitrogens with zero attached hydrogens (tertiary/aromatic N) is 1. The summed E-state index contributed by atoms with van der Waals surface area (Å²) in [5.74, 6) is -0.344. The molecule has 3 aromatic rings. The number of carbonyl (C=O) groups excluding carboxylic acids is 1. The summed E-state index contributed by atoms with van der Waals surface area (Å²) < 4.78 is 11.5. The van der Waals surface area contributed by atoms with Gasteiger partial charge < -0.3 is 9.47 Å². The summed E-state index contributed by atoms with van der Waals surface area (Å²) in [5.41, 5.74) is 2.48. The number of hydrogen-bond acceptors (Lipinski definition) is 5. The minimum absolute atomic E-state index is 0.192. The Morgan fingerprint density at radius 1 is 1.09 bits per heavy atom. The minimum atomic E-state index is -0.344. The molecule has 0 spiro atoms. The topological polar surface area (TPSA) is 48.4 Å². The molecule has 112 valence electrons. The van der Waals surface area contributed by atoms with Gasteiger partial charge in [-0.15, -0.1) is 11.3 Å². The van der Waals surface area contributed by atoms with Crippen LogP contribution in [0.5, 0.6) is 0 Å². The van der Waals surface area contributed by atoms with Gasteiger partial charge in [-0.05, 0) is 29.8 Å². The van der Waals surface area contributed by atoms with E-state index in [-0.39, 0.29) is 12.6 Å². The number of ether oxygens (including phenoxy) is 2. The van der Waals surface area contributed by atoms with Gasteiger partial charge in [0.2, 0.25) is 0 Å². The van der Waals surface area contributed by atoms with Crippen LogP contribution in [0, 0.1) is 0 Å². The normalized spacial score (nSPS) is 10.8. The van der Waals surface area contributed by atoms with E-state index in [1.165, 1.54) is 11.3 Å². The standard InChI is InChI=1S/C17H15NO3S/c1-20-10-12-6-8-13(9-7-12)17(19)21-11-16-18-14-4-2-3-5-15(14)22-16/h2-9H,10-11H2,1H3. The average molecular weight is 313 g/mol. The predicted molar refractivity (Wildman–Crippen MR) is 85.9 cm³/mol. The van der Waals surface area contributed by atoms with E-state index in [1.807, 2.05) is 36.4 Å². The predicted octanol–water partition coefficient (Wildman–Crippen LogP) is 3.80. The molecular formula is C17H15NO3S. The number of rotatable bonds is 5. The maximum Gasteiger partial charge on any atom is 0.338 e. The third kappa shape index (κ3) is 3.32. The summed E-state index contributed by atoms with van der Waals surface area (Å²) in [7, 11) is 1.64. The molecule has 0 amide bonds. The Hall–Kier alpha value is -2.24. The second-order valence-corrected chi connectivity index (χ2v) is 5.90. The molecular weight excluding hydrogens is 298 g/mol. The van der Waals surface area contributed by atoms with Crippen LogP contribution in [-0.4, -0.2) is 18.1 Å². The van der Waals surface area contributed by atoms with Crippen LogP contribution in [0.15, 0.2) is 48.5 Å². The molecule has 0 fully saturated rings. The van der Waals surface area contributed by atoms with Gasteiger partial charge in [-0.25, -0.2) is 9.78 Å². The number of benzene rings is 2. The number of carbonyl (C=O) groups is 1. The van der Waals surface area contributed by atoms with E-state index in [2.05, 4.69) is 4.98 Å². The highest BCUT2D eigenvalue weighted by Crippen LogP contribution is 2.22. The lowest BCUT2D eigenvalue weighted by Gasteiger charge is -2.04. The molecule has 0 bridgehead atoms. The second-order valence-electron chi connectivity index (χ2n) is 4.78. The molecule has 22 heavy (non-hydrogen) atoms. The maximum atomic E-state index is 12.0. The van der Waals surface area contributed by atoms with Crippen molar-refractivity contribution in [3.63, 3.8) is 0 Å². The number of fused-ring (bicyclic) bond motifs is 1. The van der Waals surface area contributed by atoms with Gasteiger partial charge in [0.05, 0.1) is 22.4 Å². The van der Waals surface area contributed by atoms with E-state index < -0.39 is 0 Å². The van der Waals surface area contributed by atoms with Crippen molar-refractivity contribution in [1.29, 1.82) is 0 Å². The van der Waals surface area contributed by atoms with E-state index >= 15 is 0 Å². The number of esters is 1. The molecule has 3 rings (SSSR count). The Bertz CT molecular complexity index is 747. The molecule has 0 aliphatic heterocycles. The lowest BCUT2D eigenvalue weighted by Crippen LogP contribution is -2.05. The average Bonchev–Trinajstić information content (AvgIpc) is 2.96. The summed E-state index contributed by atoms with van der Waals surface area (Å²) in [6, 6.07) is 15.1. The number of para-hydroxylation sites is 1. The van der Waals surface area contributed by atoms with Crippen molar-refractivity contribution in [2.45, 2.75) is 13.2 Å². The summed E-state index contributed by atoms with van der Waals surface area (Å²) in [4.78, 5) is 16.5. The second kappa shape index (κ2) is 6.68. The molecule has 1 heterocycles. The minimum Gasteiger partial charge on any atom is -0.455 e. The van der Waals surface area contributed by atoms with Crippen LogP contribution in [0.3, 0.4) is 0 Å². The van der Waals surface area contributed by atoms with E-state index in [1.54, 1.807) is 19.2 Å². The smallest absolute Gasteiger partial charge is 0.338 e. The fourth-order valence-electron chi connectivity index (χ4n) is 2.10. The molecule has 0 aliphatic carbocycles. The van der Waals surface area contributed by atoms with Gasteiger partial charge in [0, 0.05) is 7.11 Å². The van der Waals surface area contributed by atoms with Gasteiger partial charge in [-0.2, -0.15) is 0 Å². The van der Waals surface area contributed by atoms with Crippen LogP contribution in [0.1, 0.15) is 20.9 Å². The van der Waals surface area contributed by atoms with Crippen molar-refractivity contribution >= 4 is 27.5 Å². The fourth-order valence-corrected chi connectivity index (χ4v) is 2.98. The monoisotopic (exact) mass is 313 g/mol. The van der Waals surface area contributed by atoms with Crippen molar-refractivity contribution < 1.29 is 14.3 Å². The molecule has 0 saturated carbocycles. The van der Waals surface area contributed by atoms with Crippen LogP contribution in [0.4, 0.5) is 0 Å². The zero-order valence-corrected chi connectivity index (χ0v) is 12.9. The molecule has 0 unspecified atom stereocenters. The van der Waals surface area contributed by atoms with Crippen LogP contribution < -0.4 is 0 Å². The number of aromatic nitrogens is 1. The first-order valence-electron chi connectivity index (χ1n) is 6.86. The molecule has 0 atom stereocenters. The third-order valence-corrected chi connectivity index (χ3v) is 4.18. The number of methoxy groups -OCH3 is 1. The first-order valence-corrected chi connectivity index (χ1v) is 7.67. The lowest BCUT2D eigenvalue weighted by atomic mass is 10.1. The lowest BCUT2D eigenvalue weighted by molar-refractivity contribution is 0.0472. The Balaban J connectivity index is 1.64. The van der Waals surface area contributed by atoms with Gasteiger partial charge in [0.1, 0.15) is 11.6 Å². The summed E-state index contributed by atoms with van der Waals surface area (Å²) >= 11 is 1.54. The summed E-state index contributed by atoms with van der Waals surface area (Å²) in [6.45, 7) is 0.721. The SMILES string of the molecule is COCc1ccc(C(=O)OCc2nc3ccccc3s2)cc1. The first-order chi connectivity index (χ1) is 10.8. The van der Waals surface area contributed by atoms with E-state index in [0.717, 1.165) is 20.8 Å². The highest BCUT2D eigenvalue weighted by Gasteiger charge is 2.09. The Labute approximate surface area is 132 Å². The zero-order valence-electron chi connectivity index (χ0n) is 12.1. The molecule has 0 N–H and O–H groups in total. The van der Waals surface area contributed by atoms with Gasteiger partial charge in [-0.3, -0.25) is 0 Å². The fraction of sp³-hybridized carbons (Fsp3) is 0.176. The Morgan fingerprint density at radius 3 is 2.59 bits per heavy atom. The third-order valence-electron chi connectivity index (χ3n) is 3.17. The van der Waals surface area contributed by atoms with E-state index in [0.29, 0.717) is 12.2 Å². The van der Waals surface area contributed by atoms with Crippen LogP contribution in [0.2, 0.25) is 0 Å². The maximum absolute atomic E-state index is 12.0. The zero-order chi connectivity index (χ0) is 15.4. The van der Waals surface area contributed by atoms with Gasteiger partial charge in [0.15, 0.2) is 0 Å². The van der Waals surface area contributed by atoms with Crippen molar-refractivity contribution in [3.05, 3.63) is 64.7 Å². The molecule has 5 heteroatoms. The van der Waals surface area contributed by atoms with Crippen LogP contribution in [0.25, 0.3) is 10.2 Å². The summed E-state index contributed by atoms with van der Waals surface area (Å²) in [5, 5.41) is 0.797. The van der Waals surface area contributed by atoms with Crippen molar-refractivity contribution in [3.8, 4) is 0 Å². The van der Waals surface area contributed by atoms with E-state index in [4.69, 9.17) is 9.47 Å². The molecule has 2 aromatic carbocycles. The van der Waals surface area contributed by atoms with Crippen molar-refractivity contribution in [2.75, 3.05) is 7.11 Å². The molecule has 0 saturated heterocycles. The quantitative estimate of drug-likeness (QED) is 0.672. The molecule has 4 nitrogen and oxygen atoms in total. The van der Waals surface area contributed by atoms with Gasteiger partial charge in [0.25, 0.3) is 0 Å². The van der Waals surface area contributed by atoms with E-state index in [9.17, 15) is 4.79 Å². The largest absolute Gasteiger partial charge is 0.455 e.